The normalized spacial score (nSPS) is 7.60. The van der Waals surface area contributed by atoms with Crippen LogP contribution < -0.4 is 18.9 Å². The maximum atomic E-state index is 6.75. The summed E-state index contributed by atoms with van der Waals surface area (Å²) in [6, 6.07) is 7.43. The molecule has 0 aliphatic heterocycles. The Kier molecular flexibility index (Phi) is 4.57. The number of hydrogen-bond acceptors (Lipinski definition) is 0. The Morgan fingerprint density at radius 2 is 1.70 bits per heavy atom. The van der Waals surface area contributed by atoms with Crippen LogP contribution >= 0.6 is 15.9 Å². The van der Waals surface area contributed by atoms with Crippen molar-refractivity contribution < 1.29 is 18.9 Å². The Labute approximate surface area is 81.3 Å². The standard InChI is InChI=1S/C8H4Br.Li/c1-2-7-3-5-8(9)6-4-7;/h3-6H;/q-1;+1. The summed E-state index contributed by atoms with van der Waals surface area (Å²) in [7, 11) is 0. The van der Waals surface area contributed by atoms with E-state index in [0.717, 1.165) is 10.0 Å². The third-order valence-corrected chi connectivity index (χ3v) is 1.52. The third kappa shape index (κ3) is 2.63. The average Bonchev–Trinajstić information content (AvgIpc) is 1.90. The van der Waals surface area contributed by atoms with E-state index < -0.39 is 0 Å². The van der Waals surface area contributed by atoms with Crippen molar-refractivity contribution in [1.29, 1.82) is 0 Å². The second kappa shape index (κ2) is 4.64. The van der Waals surface area contributed by atoms with Gasteiger partial charge >= 0.3 is 18.9 Å². The van der Waals surface area contributed by atoms with Crippen molar-refractivity contribution in [3.8, 4) is 5.92 Å². The minimum Gasteiger partial charge on any atom is -0.366 e. The van der Waals surface area contributed by atoms with Crippen LogP contribution in [0.5, 0.6) is 0 Å². The topological polar surface area (TPSA) is 0 Å². The van der Waals surface area contributed by atoms with Crippen molar-refractivity contribution in [1.82, 2.24) is 0 Å². The molecule has 1 rings (SSSR count). The first-order valence-corrected chi connectivity index (χ1v) is 3.30. The van der Waals surface area contributed by atoms with Crippen molar-refractivity contribution in [3.63, 3.8) is 0 Å². The Morgan fingerprint density at radius 3 is 2.10 bits per heavy atom. The Hall–Kier alpha value is -0.143. The molecule has 0 atom stereocenters. The summed E-state index contributed by atoms with van der Waals surface area (Å²) in [4.78, 5) is 0. The monoisotopic (exact) mass is 186 g/mol. The quantitative estimate of drug-likeness (QED) is 0.289. The van der Waals surface area contributed by atoms with Crippen molar-refractivity contribution in [2.75, 3.05) is 0 Å². The van der Waals surface area contributed by atoms with E-state index in [1.165, 1.54) is 0 Å². The molecule has 0 heterocycles. The minimum absolute atomic E-state index is 0. The molecule has 0 saturated carbocycles. The molecule has 0 amide bonds. The van der Waals surface area contributed by atoms with Gasteiger partial charge in [0.05, 0.1) is 0 Å². The average molecular weight is 187 g/mol. The zero-order chi connectivity index (χ0) is 6.69. The number of halogens is 1. The summed E-state index contributed by atoms with van der Waals surface area (Å²) in [5.74, 6) is 2.28. The number of hydrogen-bond donors (Lipinski definition) is 0. The molecular weight excluding hydrogens is 183 g/mol. The molecule has 1 aromatic rings. The SMILES string of the molecule is [C-]#Cc1ccc(Br)cc1.[Li+]. The molecule has 0 aromatic heterocycles. The fourth-order valence-electron chi connectivity index (χ4n) is 0.533. The minimum atomic E-state index is 0. The molecule has 0 unspecified atom stereocenters. The van der Waals surface area contributed by atoms with Crippen LogP contribution in [0, 0.1) is 12.3 Å². The van der Waals surface area contributed by atoms with Gasteiger partial charge in [0.15, 0.2) is 0 Å². The van der Waals surface area contributed by atoms with Crippen LogP contribution in [0.25, 0.3) is 0 Å². The first-order chi connectivity index (χ1) is 4.33. The first-order valence-electron chi connectivity index (χ1n) is 2.51. The van der Waals surface area contributed by atoms with Gasteiger partial charge in [-0.2, -0.15) is 0 Å². The molecule has 0 radical (unpaired) electrons. The van der Waals surface area contributed by atoms with Crippen LogP contribution in [0.4, 0.5) is 0 Å². The first kappa shape index (κ1) is 9.86. The van der Waals surface area contributed by atoms with E-state index in [-0.39, 0.29) is 18.9 Å². The molecule has 0 saturated heterocycles. The molecule has 10 heavy (non-hydrogen) atoms. The summed E-state index contributed by atoms with van der Waals surface area (Å²) in [5, 5.41) is 0. The van der Waals surface area contributed by atoms with Crippen LogP contribution in [0.2, 0.25) is 0 Å². The second-order valence-corrected chi connectivity index (χ2v) is 2.55. The van der Waals surface area contributed by atoms with Gasteiger partial charge in [0.25, 0.3) is 0 Å². The van der Waals surface area contributed by atoms with Crippen LogP contribution in [-0.2, 0) is 0 Å². The molecule has 0 nitrogen and oxygen atoms in total. The Bertz CT molecular complexity index is 232. The van der Waals surface area contributed by atoms with E-state index in [4.69, 9.17) is 6.42 Å². The number of benzene rings is 1. The van der Waals surface area contributed by atoms with Gasteiger partial charge in [-0.1, -0.05) is 28.1 Å². The van der Waals surface area contributed by atoms with Crippen LogP contribution in [0.3, 0.4) is 0 Å². The molecule has 0 fully saturated rings. The zero-order valence-electron chi connectivity index (χ0n) is 5.69. The summed E-state index contributed by atoms with van der Waals surface area (Å²) in [6.45, 7) is 0. The van der Waals surface area contributed by atoms with E-state index >= 15 is 0 Å². The van der Waals surface area contributed by atoms with E-state index in [1.807, 2.05) is 24.3 Å². The molecule has 0 aliphatic carbocycles. The molecule has 1 aromatic carbocycles. The van der Waals surface area contributed by atoms with E-state index in [0.29, 0.717) is 0 Å². The number of rotatable bonds is 0. The van der Waals surface area contributed by atoms with Gasteiger partial charge in [0, 0.05) is 4.47 Å². The van der Waals surface area contributed by atoms with Crippen LogP contribution in [0.15, 0.2) is 28.7 Å². The molecule has 0 spiro atoms. The van der Waals surface area contributed by atoms with Gasteiger partial charge in [-0.05, 0) is 0 Å². The molecule has 0 bridgehead atoms. The van der Waals surface area contributed by atoms with Crippen molar-refractivity contribution in [2.45, 2.75) is 0 Å². The molecule has 0 N–H and O–H groups in total. The summed E-state index contributed by atoms with van der Waals surface area (Å²) in [6.07, 6.45) is 6.75. The van der Waals surface area contributed by atoms with Crippen LogP contribution in [-0.4, -0.2) is 0 Å². The maximum absolute atomic E-state index is 6.75. The fraction of sp³-hybridized carbons (Fsp3) is 0. The van der Waals surface area contributed by atoms with Crippen molar-refractivity contribution in [2.24, 2.45) is 0 Å². The van der Waals surface area contributed by atoms with Gasteiger partial charge in [0.1, 0.15) is 0 Å². The van der Waals surface area contributed by atoms with Crippen molar-refractivity contribution in [3.05, 3.63) is 40.7 Å². The van der Waals surface area contributed by atoms with Gasteiger partial charge in [0.2, 0.25) is 0 Å². The van der Waals surface area contributed by atoms with Crippen molar-refractivity contribution >= 4 is 15.9 Å². The molecule has 0 aliphatic rings. The molecule has 2 heteroatoms. The van der Waals surface area contributed by atoms with Gasteiger partial charge < -0.3 is 6.42 Å². The Morgan fingerprint density at radius 1 is 1.20 bits per heavy atom. The predicted octanol–water partition coefficient (Wildman–Crippen LogP) is -0.609. The van der Waals surface area contributed by atoms with E-state index in [9.17, 15) is 0 Å². The predicted molar refractivity (Wildman–Crippen MR) is 40.4 cm³/mol. The summed E-state index contributed by atoms with van der Waals surface area (Å²) < 4.78 is 1.03. The van der Waals surface area contributed by atoms with E-state index in [2.05, 4.69) is 21.9 Å². The maximum Gasteiger partial charge on any atom is 1.00 e. The fourth-order valence-corrected chi connectivity index (χ4v) is 0.798. The molecular formula is C8H4BrLi. The Balaban J connectivity index is 0.000000810. The largest absolute Gasteiger partial charge is 1.00 e. The second-order valence-electron chi connectivity index (χ2n) is 1.63. The summed E-state index contributed by atoms with van der Waals surface area (Å²) in [5.41, 5.74) is 0.804. The third-order valence-electron chi connectivity index (χ3n) is 0.989. The summed E-state index contributed by atoms with van der Waals surface area (Å²) >= 11 is 3.29. The van der Waals surface area contributed by atoms with Gasteiger partial charge in [-0.25, -0.2) is 0 Å². The molecule has 44 valence electrons. The van der Waals surface area contributed by atoms with E-state index in [1.54, 1.807) is 0 Å². The van der Waals surface area contributed by atoms with Crippen LogP contribution in [0.1, 0.15) is 5.56 Å². The smallest absolute Gasteiger partial charge is 0.366 e. The van der Waals surface area contributed by atoms with Gasteiger partial charge in [-0.3, -0.25) is 5.92 Å². The van der Waals surface area contributed by atoms with Gasteiger partial charge in [-0.15, -0.1) is 17.7 Å². The zero-order valence-corrected chi connectivity index (χ0v) is 7.27.